The predicted octanol–water partition coefficient (Wildman–Crippen LogP) is 1.76. The van der Waals surface area contributed by atoms with E-state index in [1.54, 1.807) is 6.92 Å². The summed E-state index contributed by atoms with van der Waals surface area (Å²) in [7, 11) is -3.16. The summed E-state index contributed by atoms with van der Waals surface area (Å²) in [6.45, 7) is 7.81. The molecule has 0 bridgehead atoms. The van der Waals surface area contributed by atoms with Crippen LogP contribution in [0.2, 0.25) is 0 Å². The van der Waals surface area contributed by atoms with Crippen LogP contribution in [0.15, 0.2) is 24.3 Å². The van der Waals surface area contributed by atoms with Crippen molar-refractivity contribution < 1.29 is 17.9 Å². The van der Waals surface area contributed by atoms with E-state index < -0.39 is 10.0 Å². The molecular formula is C20H31N3O4S. The first-order valence-electron chi connectivity index (χ1n) is 10.1. The SMILES string of the molecule is CCS(=O)(=O)N1CCC(C(=O)N[C@H](C)c2ccc(N3CCOCC3)cc2)CC1. The number of carbonyl (C=O) groups excluding carboxylic acids is 1. The molecule has 1 aromatic carbocycles. The summed E-state index contributed by atoms with van der Waals surface area (Å²) in [6.07, 6.45) is 1.15. The molecule has 1 aromatic rings. The van der Waals surface area contributed by atoms with Crippen LogP contribution < -0.4 is 10.2 Å². The molecule has 0 radical (unpaired) electrons. The molecule has 0 aliphatic carbocycles. The second kappa shape index (κ2) is 9.24. The van der Waals surface area contributed by atoms with E-state index in [1.165, 1.54) is 9.99 Å². The monoisotopic (exact) mass is 409 g/mol. The number of nitrogens with one attached hydrogen (secondary N) is 1. The average molecular weight is 410 g/mol. The topological polar surface area (TPSA) is 79.0 Å². The Labute approximate surface area is 168 Å². The van der Waals surface area contributed by atoms with Crippen LogP contribution >= 0.6 is 0 Å². The number of hydrogen-bond acceptors (Lipinski definition) is 5. The van der Waals surface area contributed by atoms with Gasteiger partial charge in [-0.2, -0.15) is 0 Å². The maximum absolute atomic E-state index is 12.6. The normalized spacial score (nSPS) is 20.7. The lowest BCUT2D eigenvalue weighted by Gasteiger charge is -2.31. The molecule has 28 heavy (non-hydrogen) atoms. The minimum Gasteiger partial charge on any atom is -0.378 e. The number of anilines is 1. The van der Waals surface area contributed by atoms with Gasteiger partial charge in [-0.25, -0.2) is 12.7 Å². The number of hydrogen-bond donors (Lipinski definition) is 1. The Morgan fingerprint density at radius 2 is 1.75 bits per heavy atom. The van der Waals surface area contributed by atoms with E-state index in [9.17, 15) is 13.2 Å². The number of morpholine rings is 1. The molecular weight excluding hydrogens is 378 g/mol. The molecule has 1 atom stereocenters. The third-order valence-electron chi connectivity index (χ3n) is 5.71. The summed E-state index contributed by atoms with van der Waals surface area (Å²) in [6, 6.07) is 8.23. The van der Waals surface area contributed by atoms with Crippen LogP contribution in [0.1, 0.15) is 38.3 Å². The van der Waals surface area contributed by atoms with Gasteiger partial charge < -0.3 is 15.0 Å². The van der Waals surface area contributed by atoms with Crippen molar-refractivity contribution in [2.75, 3.05) is 50.0 Å². The van der Waals surface area contributed by atoms with Crippen molar-refractivity contribution in [3.05, 3.63) is 29.8 Å². The van der Waals surface area contributed by atoms with Gasteiger partial charge in [-0.05, 0) is 44.4 Å². The van der Waals surface area contributed by atoms with Crippen LogP contribution in [0.4, 0.5) is 5.69 Å². The number of ether oxygens (including phenoxy) is 1. The number of piperidine rings is 1. The standard InChI is InChI=1S/C20H31N3O4S/c1-3-28(25,26)23-10-8-18(9-11-23)20(24)21-16(2)17-4-6-19(7-5-17)22-12-14-27-15-13-22/h4-7,16,18H,3,8-15H2,1-2H3,(H,21,24)/t16-/m1/s1. The first-order valence-corrected chi connectivity index (χ1v) is 11.7. The summed E-state index contributed by atoms with van der Waals surface area (Å²) < 4.78 is 30.8. The summed E-state index contributed by atoms with van der Waals surface area (Å²) >= 11 is 0. The Morgan fingerprint density at radius 3 is 2.32 bits per heavy atom. The third-order valence-corrected chi connectivity index (χ3v) is 7.59. The van der Waals surface area contributed by atoms with Crippen molar-refractivity contribution >= 4 is 21.6 Å². The molecule has 0 aromatic heterocycles. The Bertz CT molecular complexity index is 752. The summed E-state index contributed by atoms with van der Waals surface area (Å²) in [5, 5.41) is 3.09. The first kappa shape index (κ1) is 21.1. The Kier molecular flexibility index (Phi) is 6.95. The van der Waals surface area contributed by atoms with Crippen molar-refractivity contribution in [2.45, 2.75) is 32.7 Å². The number of benzene rings is 1. The van der Waals surface area contributed by atoms with E-state index in [2.05, 4.69) is 34.5 Å². The minimum atomic E-state index is -3.16. The molecule has 0 saturated carbocycles. The predicted molar refractivity (Wildman–Crippen MR) is 110 cm³/mol. The zero-order chi connectivity index (χ0) is 20.1. The van der Waals surface area contributed by atoms with Crippen LogP contribution in [-0.4, -0.2) is 63.8 Å². The van der Waals surface area contributed by atoms with E-state index in [1.807, 2.05) is 6.92 Å². The quantitative estimate of drug-likeness (QED) is 0.775. The highest BCUT2D eigenvalue weighted by Gasteiger charge is 2.30. The number of rotatable bonds is 6. The Balaban J connectivity index is 1.51. The third kappa shape index (κ3) is 5.04. The lowest BCUT2D eigenvalue weighted by molar-refractivity contribution is -0.126. The molecule has 1 amide bonds. The second-order valence-electron chi connectivity index (χ2n) is 7.50. The van der Waals surface area contributed by atoms with Crippen molar-refractivity contribution in [1.82, 2.24) is 9.62 Å². The second-order valence-corrected chi connectivity index (χ2v) is 9.75. The average Bonchev–Trinajstić information content (AvgIpc) is 2.74. The molecule has 2 aliphatic rings. The van der Waals surface area contributed by atoms with E-state index >= 15 is 0 Å². The lowest BCUT2D eigenvalue weighted by atomic mass is 9.96. The van der Waals surface area contributed by atoms with Gasteiger partial charge in [0.25, 0.3) is 0 Å². The van der Waals surface area contributed by atoms with Crippen LogP contribution in [0.3, 0.4) is 0 Å². The highest BCUT2D eigenvalue weighted by Crippen LogP contribution is 2.23. The molecule has 2 saturated heterocycles. The van der Waals surface area contributed by atoms with Gasteiger partial charge in [-0.3, -0.25) is 4.79 Å². The van der Waals surface area contributed by atoms with E-state index in [0.29, 0.717) is 25.9 Å². The molecule has 2 fully saturated rings. The zero-order valence-corrected chi connectivity index (χ0v) is 17.6. The van der Waals surface area contributed by atoms with E-state index in [-0.39, 0.29) is 23.6 Å². The highest BCUT2D eigenvalue weighted by molar-refractivity contribution is 7.89. The minimum absolute atomic E-state index is 0.0123. The maximum atomic E-state index is 12.6. The van der Waals surface area contributed by atoms with Crippen LogP contribution in [0.25, 0.3) is 0 Å². The number of amides is 1. The fourth-order valence-corrected chi connectivity index (χ4v) is 4.92. The van der Waals surface area contributed by atoms with Gasteiger partial charge in [-0.1, -0.05) is 12.1 Å². The molecule has 2 heterocycles. The van der Waals surface area contributed by atoms with Gasteiger partial charge >= 0.3 is 0 Å². The summed E-state index contributed by atoms with van der Waals surface area (Å²) in [5.74, 6) is -0.00174. The van der Waals surface area contributed by atoms with Gasteiger partial charge in [-0.15, -0.1) is 0 Å². The van der Waals surface area contributed by atoms with Gasteiger partial charge in [0.1, 0.15) is 0 Å². The van der Waals surface area contributed by atoms with E-state index in [4.69, 9.17) is 4.74 Å². The van der Waals surface area contributed by atoms with Crippen molar-refractivity contribution in [1.29, 1.82) is 0 Å². The highest BCUT2D eigenvalue weighted by atomic mass is 32.2. The maximum Gasteiger partial charge on any atom is 0.223 e. The van der Waals surface area contributed by atoms with Crippen molar-refractivity contribution in [3.63, 3.8) is 0 Å². The van der Waals surface area contributed by atoms with Crippen molar-refractivity contribution in [2.24, 2.45) is 5.92 Å². The molecule has 0 spiro atoms. The van der Waals surface area contributed by atoms with Gasteiger partial charge in [0.05, 0.1) is 25.0 Å². The molecule has 3 rings (SSSR count). The number of carbonyl (C=O) groups is 1. The molecule has 8 heteroatoms. The van der Waals surface area contributed by atoms with Gasteiger partial charge in [0.2, 0.25) is 15.9 Å². The largest absolute Gasteiger partial charge is 0.378 e. The molecule has 7 nitrogen and oxygen atoms in total. The lowest BCUT2D eigenvalue weighted by Crippen LogP contribution is -2.43. The molecule has 1 N–H and O–H groups in total. The first-order chi connectivity index (χ1) is 13.4. The molecule has 0 unspecified atom stereocenters. The van der Waals surface area contributed by atoms with Gasteiger partial charge in [0.15, 0.2) is 0 Å². The van der Waals surface area contributed by atoms with E-state index in [0.717, 1.165) is 31.9 Å². The summed E-state index contributed by atoms with van der Waals surface area (Å²) in [5.41, 5.74) is 2.24. The Morgan fingerprint density at radius 1 is 1.14 bits per heavy atom. The van der Waals surface area contributed by atoms with Crippen LogP contribution in [0.5, 0.6) is 0 Å². The molecule has 2 aliphatic heterocycles. The molecule has 156 valence electrons. The summed E-state index contributed by atoms with van der Waals surface area (Å²) in [4.78, 5) is 14.9. The smallest absolute Gasteiger partial charge is 0.223 e. The fourth-order valence-electron chi connectivity index (χ4n) is 3.79. The zero-order valence-electron chi connectivity index (χ0n) is 16.8. The number of nitrogens with zero attached hydrogens (tertiary/aromatic N) is 2. The van der Waals surface area contributed by atoms with Gasteiger partial charge in [0, 0.05) is 37.8 Å². The van der Waals surface area contributed by atoms with Crippen molar-refractivity contribution in [3.8, 4) is 0 Å². The van der Waals surface area contributed by atoms with Crippen LogP contribution in [0, 0.1) is 5.92 Å². The number of sulfonamides is 1. The fraction of sp³-hybridized carbons (Fsp3) is 0.650. The Hall–Kier alpha value is -1.64. The van der Waals surface area contributed by atoms with Crippen LogP contribution in [-0.2, 0) is 19.6 Å².